The highest BCUT2D eigenvalue weighted by Crippen LogP contribution is 2.32. The van der Waals surface area contributed by atoms with Crippen LogP contribution in [0.4, 0.5) is 0 Å². The van der Waals surface area contributed by atoms with Crippen molar-refractivity contribution in [3.05, 3.63) is 22.4 Å². The summed E-state index contributed by atoms with van der Waals surface area (Å²) in [5.74, 6) is 0.732. The van der Waals surface area contributed by atoms with Gasteiger partial charge in [-0.05, 0) is 37.1 Å². The minimum Gasteiger partial charge on any atom is -0.385 e. The van der Waals surface area contributed by atoms with E-state index in [-0.39, 0.29) is 24.2 Å². The number of thiophene rings is 1. The molecule has 2 heterocycles. The molecule has 3 atom stereocenters. The summed E-state index contributed by atoms with van der Waals surface area (Å²) >= 11 is 1.70. The van der Waals surface area contributed by atoms with Crippen LogP contribution in [0.2, 0.25) is 0 Å². The van der Waals surface area contributed by atoms with Gasteiger partial charge < -0.3 is 9.64 Å². The van der Waals surface area contributed by atoms with E-state index < -0.39 is 0 Å². The lowest BCUT2D eigenvalue weighted by molar-refractivity contribution is -0.132. The number of nitrogens with zero attached hydrogens (tertiary/aromatic N) is 1. The Hall–Kier alpha value is -0.910. The van der Waals surface area contributed by atoms with Crippen LogP contribution in [0.3, 0.4) is 0 Å². The minimum absolute atomic E-state index is 0.00751. The molecule has 0 saturated carbocycles. The van der Waals surface area contributed by atoms with Gasteiger partial charge in [0, 0.05) is 24.6 Å². The third kappa shape index (κ3) is 3.84. The maximum atomic E-state index is 12.8. The molecule has 0 spiro atoms. The van der Waals surface area contributed by atoms with Gasteiger partial charge in [-0.1, -0.05) is 19.9 Å². The van der Waals surface area contributed by atoms with Crippen molar-refractivity contribution in [1.29, 1.82) is 0 Å². The van der Waals surface area contributed by atoms with Gasteiger partial charge in [-0.3, -0.25) is 10.1 Å². The fourth-order valence-electron chi connectivity index (χ4n) is 2.85. The molecule has 1 saturated heterocycles. The Morgan fingerprint density at radius 1 is 1.43 bits per heavy atom. The molecule has 1 aliphatic rings. The number of amides is 1. The lowest BCUT2D eigenvalue weighted by atomic mass is 10.0. The number of ether oxygens (including phenoxy) is 1. The highest BCUT2D eigenvalue weighted by atomic mass is 32.1. The molecule has 1 amide bonds. The first-order valence-corrected chi connectivity index (χ1v) is 8.53. The summed E-state index contributed by atoms with van der Waals surface area (Å²) in [5.41, 5.74) is 0. The molecule has 3 unspecified atom stereocenters. The maximum Gasteiger partial charge on any atom is 0.241 e. The average molecular weight is 310 g/mol. The molecule has 1 aromatic rings. The van der Waals surface area contributed by atoms with Crippen LogP contribution in [0.25, 0.3) is 0 Å². The molecular formula is C16H26N2O2S. The zero-order valence-electron chi connectivity index (χ0n) is 13.3. The molecule has 1 N–H and O–H groups in total. The van der Waals surface area contributed by atoms with Crippen molar-refractivity contribution < 1.29 is 9.53 Å². The first kappa shape index (κ1) is 16.5. The molecule has 1 aliphatic heterocycles. The number of carbonyl (C=O) groups is 1. The van der Waals surface area contributed by atoms with E-state index in [9.17, 15) is 4.79 Å². The van der Waals surface area contributed by atoms with Gasteiger partial charge in [-0.15, -0.1) is 11.3 Å². The van der Waals surface area contributed by atoms with E-state index in [4.69, 9.17) is 4.74 Å². The summed E-state index contributed by atoms with van der Waals surface area (Å²) in [6.45, 7) is 7.10. The summed E-state index contributed by atoms with van der Waals surface area (Å²) < 4.78 is 5.17. The second kappa shape index (κ2) is 7.38. The fourth-order valence-corrected chi connectivity index (χ4v) is 3.64. The predicted octanol–water partition coefficient (Wildman–Crippen LogP) is 3.02. The molecule has 0 aliphatic carbocycles. The van der Waals surface area contributed by atoms with Crippen molar-refractivity contribution >= 4 is 17.2 Å². The SMILES string of the molecule is COCCC(C)N1C(=O)C(CC(C)C)NC1c1cccs1. The first-order valence-electron chi connectivity index (χ1n) is 7.65. The predicted molar refractivity (Wildman–Crippen MR) is 86.2 cm³/mol. The Kier molecular flexibility index (Phi) is 5.79. The first-order chi connectivity index (χ1) is 10.0. The molecule has 1 fully saturated rings. The van der Waals surface area contributed by atoms with Crippen molar-refractivity contribution in [3.8, 4) is 0 Å². The molecule has 5 heteroatoms. The number of methoxy groups -OCH3 is 1. The maximum absolute atomic E-state index is 12.8. The summed E-state index contributed by atoms with van der Waals surface area (Å²) in [6, 6.07) is 4.25. The van der Waals surface area contributed by atoms with Gasteiger partial charge >= 0.3 is 0 Å². The highest BCUT2D eigenvalue weighted by molar-refractivity contribution is 7.10. The molecule has 4 nitrogen and oxygen atoms in total. The number of nitrogens with one attached hydrogen (secondary N) is 1. The summed E-state index contributed by atoms with van der Waals surface area (Å²) in [5, 5.41) is 5.59. The smallest absolute Gasteiger partial charge is 0.241 e. The summed E-state index contributed by atoms with van der Waals surface area (Å²) in [6.07, 6.45) is 1.75. The van der Waals surface area contributed by atoms with Crippen LogP contribution in [0, 0.1) is 5.92 Å². The Morgan fingerprint density at radius 2 is 2.19 bits per heavy atom. The molecule has 21 heavy (non-hydrogen) atoms. The quantitative estimate of drug-likeness (QED) is 0.842. The number of hydrogen-bond donors (Lipinski definition) is 1. The average Bonchev–Trinajstić information content (AvgIpc) is 3.05. The topological polar surface area (TPSA) is 41.6 Å². The molecule has 1 aromatic heterocycles. The van der Waals surface area contributed by atoms with Crippen molar-refractivity contribution in [3.63, 3.8) is 0 Å². The van der Waals surface area contributed by atoms with Gasteiger partial charge in [-0.2, -0.15) is 0 Å². The second-order valence-corrected chi connectivity index (χ2v) is 7.12. The van der Waals surface area contributed by atoms with Crippen LogP contribution < -0.4 is 5.32 Å². The third-order valence-corrected chi connectivity index (χ3v) is 4.85. The normalized spacial score (nSPS) is 24.0. The Bertz CT molecular complexity index is 447. The largest absolute Gasteiger partial charge is 0.385 e. The lowest BCUT2D eigenvalue weighted by Crippen LogP contribution is -2.39. The van der Waals surface area contributed by atoms with E-state index >= 15 is 0 Å². The molecule has 2 rings (SSSR count). The second-order valence-electron chi connectivity index (χ2n) is 6.14. The summed E-state index contributed by atoms with van der Waals surface area (Å²) in [7, 11) is 1.70. The van der Waals surface area contributed by atoms with Gasteiger partial charge in [-0.25, -0.2) is 0 Å². The van der Waals surface area contributed by atoms with Gasteiger partial charge in [0.1, 0.15) is 6.17 Å². The highest BCUT2D eigenvalue weighted by Gasteiger charge is 2.42. The number of carbonyl (C=O) groups excluding carboxylic acids is 1. The summed E-state index contributed by atoms with van der Waals surface area (Å²) in [4.78, 5) is 16.0. The number of hydrogen-bond acceptors (Lipinski definition) is 4. The Labute approximate surface area is 131 Å². The minimum atomic E-state index is -0.0675. The zero-order valence-corrected chi connectivity index (χ0v) is 14.2. The lowest BCUT2D eigenvalue weighted by Gasteiger charge is -2.29. The van der Waals surface area contributed by atoms with E-state index in [0.29, 0.717) is 12.5 Å². The van der Waals surface area contributed by atoms with Gasteiger partial charge in [0.05, 0.1) is 6.04 Å². The molecule has 0 bridgehead atoms. The Balaban J connectivity index is 2.17. The van der Waals surface area contributed by atoms with Gasteiger partial charge in [0.2, 0.25) is 5.91 Å². The monoisotopic (exact) mass is 310 g/mol. The van der Waals surface area contributed by atoms with Crippen LogP contribution in [0.15, 0.2) is 17.5 Å². The van der Waals surface area contributed by atoms with Crippen molar-refractivity contribution in [2.45, 2.75) is 51.9 Å². The van der Waals surface area contributed by atoms with Crippen LogP contribution in [-0.4, -0.2) is 36.6 Å². The van der Waals surface area contributed by atoms with E-state index in [1.807, 2.05) is 11.0 Å². The molecule has 118 valence electrons. The molecule has 0 radical (unpaired) electrons. The Morgan fingerprint density at radius 3 is 2.76 bits per heavy atom. The van der Waals surface area contributed by atoms with Crippen LogP contribution >= 0.6 is 11.3 Å². The molecule has 0 aromatic carbocycles. The molecular weight excluding hydrogens is 284 g/mol. The standard InChI is InChI=1S/C16H26N2O2S/c1-11(2)10-13-16(19)18(12(3)7-8-20-4)15(17-13)14-6-5-9-21-14/h5-6,9,11-13,15,17H,7-8,10H2,1-4H3. The zero-order chi connectivity index (χ0) is 15.4. The van der Waals surface area contributed by atoms with Gasteiger partial charge in [0.15, 0.2) is 0 Å². The van der Waals surface area contributed by atoms with Crippen molar-refractivity contribution in [1.82, 2.24) is 10.2 Å². The number of rotatable bonds is 7. The van der Waals surface area contributed by atoms with Crippen molar-refractivity contribution in [2.75, 3.05) is 13.7 Å². The van der Waals surface area contributed by atoms with Gasteiger partial charge in [0.25, 0.3) is 0 Å². The van der Waals surface area contributed by atoms with E-state index in [0.717, 1.165) is 12.8 Å². The fraction of sp³-hybridized carbons (Fsp3) is 0.688. The van der Waals surface area contributed by atoms with Crippen LogP contribution in [0.1, 0.15) is 44.7 Å². The van der Waals surface area contributed by atoms with Crippen molar-refractivity contribution in [2.24, 2.45) is 5.92 Å². The van der Waals surface area contributed by atoms with E-state index in [2.05, 4.69) is 37.5 Å². The van der Waals surface area contributed by atoms with E-state index in [1.165, 1.54) is 4.88 Å². The van der Waals surface area contributed by atoms with Crippen LogP contribution in [0.5, 0.6) is 0 Å². The van der Waals surface area contributed by atoms with Crippen LogP contribution in [-0.2, 0) is 9.53 Å². The third-order valence-electron chi connectivity index (χ3n) is 3.92. The van der Waals surface area contributed by atoms with E-state index in [1.54, 1.807) is 18.4 Å².